The molecular weight excluding hydrogens is 178 g/mol. The van der Waals surface area contributed by atoms with Crippen LogP contribution in [0.2, 0.25) is 0 Å². The summed E-state index contributed by atoms with van der Waals surface area (Å²) >= 11 is 0. The van der Waals surface area contributed by atoms with Crippen LogP contribution in [0.15, 0.2) is 18.2 Å². The highest BCUT2D eigenvalue weighted by molar-refractivity contribution is 5.92. The second-order valence-corrected chi connectivity index (χ2v) is 3.64. The number of hydrogen-bond acceptors (Lipinski definition) is 3. The first-order valence-electron chi connectivity index (χ1n) is 4.67. The average Bonchev–Trinajstić information content (AvgIpc) is 2.81. The molecule has 4 heteroatoms. The summed E-state index contributed by atoms with van der Waals surface area (Å²) in [5.41, 5.74) is 6.89. The first-order valence-corrected chi connectivity index (χ1v) is 4.67. The molecule has 1 fully saturated rings. The van der Waals surface area contributed by atoms with Gasteiger partial charge in [-0.05, 0) is 25.5 Å². The van der Waals surface area contributed by atoms with Gasteiger partial charge in [-0.15, -0.1) is 0 Å². The topological polar surface area (TPSA) is 68.0 Å². The van der Waals surface area contributed by atoms with Crippen molar-refractivity contribution < 1.29 is 4.79 Å². The summed E-state index contributed by atoms with van der Waals surface area (Å²) in [7, 11) is 0. The molecule has 1 heterocycles. The molecule has 1 saturated carbocycles. The third kappa shape index (κ3) is 1.90. The lowest BCUT2D eigenvalue weighted by atomic mass is 10.3. The summed E-state index contributed by atoms with van der Waals surface area (Å²) in [6.45, 7) is 1.86. The maximum absolute atomic E-state index is 11.6. The SMILES string of the molecule is Cc1cccc(C(=O)NC2CC2N)n1. The van der Waals surface area contributed by atoms with Crippen LogP contribution in [0.4, 0.5) is 0 Å². The van der Waals surface area contributed by atoms with Gasteiger partial charge < -0.3 is 11.1 Å². The standard InChI is InChI=1S/C10H13N3O/c1-6-3-2-4-8(12-6)10(14)13-9-5-7(9)11/h2-4,7,9H,5,11H2,1H3,(H,13,14). The smallest absolute Gasteiger partial charge is 0.270 e. The van der Waals surface area contributed by atoms with Gasteiger partial charge in [-0.2, -0.15) is 0 Å². The monoisotopic (exact) mass is 191 g/mol. The molecule has 1 aliphatic carbocycles. The first-order chi connectivity index (χ1) is 6.66. The highest BCUT2D eigenvalue weighted by Gasteiger charge is 2.35. The summed E-state index contributed by atoms with van der Waals surface area (Å²) in [5, 5.41) is 2.82. The van der Waals surface area contributed by atoms with Crippen molar-refractivity contribution in [3.05, 3.63) is 29.6 Å². The number of carbonyl (C=O) groups excluding carboxylic acids is 1. The third-order valence-electron chi connectivity index (χ3n) is 2.28. The number of pyridine rings is 1. The molecule has 1 aromatic heterocycles. The van der Waals surface area contributed by atoms with E-state index in [4.69, 9.17) is 5.73 Å². The van der Waals surface area contributed by atoms with Crippen molar-refractivity contribution in [1.82, 2.24) is 10.3 Å². The number of aromatic nitrogens is 1. The zero-order chi connectivity index (χ0) is 10.1. The Morgan fingerprint density at radius 2 is 2.36 bits per heavy atom. The fraction of sp³-hybridized carbons (Fsp3) is 0.400. The molecule has 3 N–H and O–H groups in total. The van der Waals surface area contributed by atoms with Crippen LogP contribution in [0.1, 0.15) is 22.6 Å². The molecule has 0 aromatic carbocycles. The van der Waals surface area contributed by atoms with Crippen molar-refractivity contribution in [2.24, 2.45) is 5.73 Å². The van der Waals surface area contributed by atoms with E-state index in [0.29, 0.717) is 5.69 Å². The number of hydrogen-bond donors (Lipinski definition) is 2. The van der Waals surface area contributed by atoms with E-state index in [1.807, 2.05) is 19.1 Å². The van der Waals surface area contributed by atoms with Crippen LogP contribution >= 0.6 is 0 Å². The molecular formula is C10H13N3O. The van der Waals surface area contributed by atoms with E-state index in [1.165, 1.54) is 0 Å². The molecule has 2 unspecified atom stereocenters. The molecule has 0 aliphatic heterocycles. The predicted molar refractivity (Wildman–Crippen MR) is 52.8 cm³/mol. The lowest BCUT2D eigenvalue weighted by molar-refractivity contribution is 0.0945. The van der Waals surface area contributed by atoms with Crippen LogP contribution in [0.25, 0.3) is 0 Å². The van der Waals surface area contributed by atoms with Gasteiger partial charge in [0.25, 0.3) is 5.91 Å². The van der Waals surface area contributed by atoms with Gasteiger partial charge in [-0.3, -0.25) is 4.79 Å². The molecule has 1 aromatic rings. The Hall–Kier alpha value is -1.42. The quantitative estimate of drug-likeness (QED) is 0.702. The molecule has 2 atom stereocenters. The maximum atomic E-state index is 11.6. The van der Waals surface area contributed by atoms with Crippen molar-refractivity contribution in [2.75, 3.05) is 0 Å². The van der Waals surface area contributed by atoms with E-state index in [0.717, 1.165) is 12.1 Å². The van der Waals surface area contributed by atoms with Gasteiger partial charge in [0.15, 0.2) is 0 Å². The highest BCUT2D eigenvalue weighted by atomic mass is 16.2. The Morgan fingerprint density at radius 3 is 2.93 bits per heavy atom. The highest BCUT2D eigenvalue weighted by Crippen LogP contribution is 2.18. The fourth-order valence-corrected chi connectivity index (χ4v) is 1.29. The molecule has 1 amide bonds. The minimum Gasteiger partial charge on any atom is -0.346 e. The van der Waals surface area contributed by atoms with E-state index < -0.39 is 0 Å². The number of rotatable bonds is 2. The number of nitrogens with zero attached hydrogens (tertiary/aromatic N) is 1. The zero-order valence-corrected chi connectivity index (χ0v) is 8.03. The second-order valence-electron chi connectivity index (χ2n) is 3.64. The van der Waals surface area contributed by atoms with Crippen molar-refractivity contribution in [2.45, 2.75) is 25.4 Å². The summed E-state index contributed by atoms with van der Waals surface area (Å²) < 4.78 is 0. The van der Waals surface area contributed by atoms with Gasteiger partial charge >= 0.3 is 0 Å². The largest absolute Gasteiger partial charge is 0.346 e. The van der Waals surface area contributed by atoms with Crippen LogP contribution in [0, 0.1) is 6.92 Å². The first kappa shape index (κ1) is 9.15. The summed E-state index contributed by atoms with van der Waals surface area (Å²) in [6, 6.07) is 5.66. The summed E-state index contributed by atoms with van der Waals surface area (Å²) in [4.78, 5) is 15.7. The Morgan fingerprint density at radius 1 is 1.64 bits per heavy atom. The maximum Gasteiger partial charge on any atom is 0.270 e. The molecule has 4 nitrogen and oxygen atoms in total. The van der Waals surface area contributed by atoms with E-state index in [9.17, 15) is 4.79 Å². The van der Waals surface area contributed by atoms with Gasteiger partial charge in [0, 0.05) is 17.8 Å². The van der Waals surface area contributed by atoms with E-state index in [1.54, 1.807) is 6.07 Å². The molecule has 0 spiro atoms. The second kappa shape index (κ2) is 3.38. The molecule has 2 rings (SSSR count). The number of carbonyl (C=O) groups is 1. The van der Waals surface area contributed by atoms with Gasteiger partial charge in [-0.1, -0.05) is 6.07 Å². The minimum atomic E-state index is -0.133. The number of amides is 1. The van der Waals surface area contributed by atoms with E-state index in [-0.39, 0.29) is 18.0 Å². The molecule has 14 heavy (non-hydrogen) atoms. The lowest BCUT2D eigenvalue weighted by Gasteiger charge is -2.03. The van der Waals surface area contributed by atoms with Crippen LogP contribution in [0.3, 0.4) is 0 Å². The fourth-order valence-electron chi connectivity index (χ4n) is 1.29. The average molecular weight is 191 g/mol. The molecule has 0 saturated heterocycles. The molecule has 0 radical (unpaired) electrons. The van der Waals surface area contributed by atoms with E-state index in [2.05, 4.69) is 10.3 Å². The molecule has 74 valence electrons. The molecule has 0 bridgehead atoms. The molecule has 1 aliphatic rings. The summed E-state index contributed by atoms with van der Waals surface area (Å²) in [5.74, 6) is -0.133. The van der Waals surface area contributed by atoms with Crippen LogP contribution in [-0.4, -0.2) is 23.0 Å². The van der Waals surface area contributed by atoms with Crippen LogP contribution in [0.5, 0.6) is 0 Å². The van der Waals surface area contributed by atoms with Crippen molar-refractivity contribution in [1.29, 1.82) is 0 Å². The number of nitrogens with one attached hydrogen (secondary N) is 1. The van der Waals surface area contributed by atoms with Gasteiger partial charge in [0.05, 0.1) is 0 Å². The summed E-state index contributed by atoms with van der Waals surface area (Å²) in [6.07, 6.45) is 0.873. The third-order valence-corrected chi connectivity index (χ3v) is 2.28. The Balaban J connectivity index is 2.03. The number of nitrogens with two attached hydrogens (primary N) is 1. The van der Waals surface area contributed by atoms with Crippen molar-refractivity contribution in [3.8, 4) is 0 Å². The van der Waals surface area contributed by atoms with Crippen LogP contribution in [-0.2, 0) is 0 Å². The van der Waals surface area contributed by atoms with Crippen molar-refractivity contribution in [3.63, 3.8) is 0 Å². The van der Waals surface area contributed by atoms with E-state index >= 15 is 0 Å². The van der Waals surface area contributed by atoms with Gasteiger partial charge in [0.1, 0.15) is 5.69 Å². The minimum absolute atomic E-state index is 0.128. The normalized spacial score (nSPS) is 24.4. The number of aryl methyl sites for hydroxylation is 1. The van der Waals surface area contributed by atoms with Gasteiger partial charge in [-0.25, -0.2) is 4.98 Å². The Kier molecular flexibility index (Phi) is 2.21. The van der Waals surface area contributed by atoms with Gasteiger partial charge in [0.2, 0.25) is 0 Å². The Labute approximate surface area is 82.5 Å². The Bertz CT molecular complexity index is 364. The predicted octanol–water partition coefficient (Wildman–Crippen LogP) is 0.219. The van der Waals surface area contributed by atoms with Crippen LogP contribution < -0.4 is 11.1 Å². The van der Waals surface area contributed by atoms with Crippen molar-refractivity contribution >= 4 is 5.91 Å². The zero-order valence-electron chi connectivity index (χ0n) is 8.03. The lowest BCUT2D eigenvalue weighted by Crippen LogP contribution is -2.30.